The standard InChI is InChI=1S/C14H17NO5/c1-9(20-11-5-3-2-4-6-11)13(17)15-8-10(16)7-12(15)14(18)19/h2-6,9-10,12,16H,7-8H2,1H3,(H,18,19)/t9?,10-,12-/m0/s1. The number of carbonyl (C=O) groups excluding carboxylic acids is 1. The molecule has 1 heterocycles. The van der Waals surface area contributed by atoms with Crippen LogP contribution in [0.3, 0.4) is 0 Å². The maximum atomic E-state index is 12.2. The summed E-state index contributed by atoms with van der Waals surface area (Å²) in [6, 6.07) is 7.85. The molecule has 1 fully saturated rings. The van der Waals surface area contributed by atoms with Crippen LogP contribution in [0.25, 0.3) is 0 Å². The summed E-state index contributed by atoms with van der Waals surface area (Å²) in [7, 11) is 0. The van der Waals surface area contributed by atoms with Gasteiger partial charge in [0.05, 0.1) is 6.10 Å². The molecule has 1 aromatic rings. The molecule has 0 saturated carbocycles. The third kappa shape index (κ3) is 3.08. The first-order chi connectivity index (χ1) is 9.49. The molecule has 2 N–H and O–H groups in total. The van der Waals surface area contributed by atoms with Gasteiger partial charge in [0.2, 0.25) is 0 Å². The number of para-hydroxylation sites is 1. The van der Waals surface area contributed by atoms with Crippen LogP contribution in [0.5, 0.6) is 5.75 Å². The average Bonchev–Trinajstić information content (AvgIpc) is 2.81. The van der Waals surface area contributed by atoms with Gasteiger partial charge in [0.25, 0.3) is 5.91 Å². The van der Waals surface area contributed by atoms with E-state index in [0.717, 1.165) is 0 Å². The summed E-state index contributed by atoms with van der Waals surface area (Å²) in [6.45, 7) is 1.59. The Bertz CT molecular complexity index is 490. The zero-order chi connectivity index (χ0) is 14.7. The minimum Gasteiger partial charge on any atom is -0.481 e. The van der Waals surface area contributed by atoms with Crippen molar-refractivity contribution < 1.29 is 24.5 Å². The summed E-state index contributed by atoms with van der Waals surface area (Å²) in [5.74, 6) is -1.00. The van der Waals surface area contributed by atoms with E-state index in [2.05, 4.69) is 0 Å². The van der Waals surface area contributed by atoms with Crippen molar-refractivity contribution in [1.29, 1.82) is 0 Å². The summed E-state index contributed by atoms with van der Waals surface area (Å²) >= 11 is 0. The van der Waals surface area contributed by atoms with E-state index in [-0.39, 0.29) is 13.0 Å². The lowest BCUT2D eigenvalue weighted by Crippen LogP contribution is -2.46. The third-order valence-electron chi connectivity index (χ3n) is 3.25. The lowest BCUT2D eigenvalue weighted by molar-refractivity contribution is -0.150. The highest BCUT2D eigenvalue weighted by molar-refractivity contribution is 5.87. The van der Waals surface area contributed by atoms with Gasteiger partial charge in [0.1, 0.15) is 11.8 Å². The van der Waals surface area contributed by atoms with E-state index in [0.29, 0.717) is 5.75 Å². The number of aliphatic carboxylic acids is 1. The SMILES string of the molecule is CC(Oc1ccccc1)C(=O)N1C[C@@H](O)C[C@H]1C(=O)O. The minimum absolute atomic E-state index is 0.0261. The molecule has 108 valence electrons. The molecule has 1 amide bonds. The Morgan fingerprint density at radius 3 is 2.60 bits per heavy atom. The fraction of sp³-hybridized carbons (Fsp3) is 0.429. The fourth-order valence-electron chi connectivity index (χ4n) is 2.28. The van der Waals surface area contributed by atoms with Gasteiger partial charge in [-0.2, -0.15) is 0 Å². The van der Waals surface area contributed by atoms with Crippen LogP contribution in [0.15, 0.2) is 30.3 Å². The second-order valence-electron chi connectivity index (χ2n) is 4.81. The van der Waals surface area contributed by atoms with Gasteiger partial charge in [-0.15, -0.1) is 0 Å². The van der Waals surface area contributed by atoms with Crippen LogP contribution >= 0.6 is 0 Å². The van der Waals surface area contributed by atoms with E-state index < -0.39 is 30.1 Å². The molecule has 0 bridgehead atoms. The number of carboxylic acid groups (broad SMARTS) is 1. The molecule has 0 spiro atoms. The monoisotopic (exact) mass is 279 g/mol. The van der Waals surface area contributed by atoms with Crippen LogP contribution in [0.2, 0.25) is 0 Å². The Morgan fingerprint density at radius 1 is 1.35 bits per heavy atom. The summed E-state index contributed by atoms with van der Waals surface area (Å²) in [5.41, 5.74) is 0. The van der Waals surface area contributed by atoms with Crippen molar-refractivity contribution in [2.75, 3.05) is 6.54 Å². The number of likely N-dealkylation sites (tertiary alicyclic amines) is 1. The van der Waals surface area contributed by atoms with Crippen LogP contribution in [-0.2, 0) is 9.59 Å². The molecule has 2 rings (SSSR count). The lowest BCUT2D eigenvalue weighted by atomic mass is 10.2. The number of ether oxygens (including phenoxy) is 1. The molecule has 1 saturated heterocycles. The molecule has 0 aromatic heterocycles. The van der Waals surface area contributed by atoms with Crippen molar-refractivity contribution in [3.05, 3.63) is 30.3 Å². The molecular weight excluding hydrogens is 262 g/mol. The highest BCUT2D eigenvalue weighted by Crippen LogP contribution is 2.20. The second kappa shape index (κ2) is 5.92. The van der Waals surface area contributed by atoms with Crippen LogP contribution in [0.1, 0.15) is 13.3 Å². The van der Waals surface area contributed by atoms with Gasteiger partial charge < -0.3 is 19.8 Å². The summed E-state index contributed by atoms with van der Waals surface area (Å²) < 4.78 is 5.49. The number of nitrogens with zero attached hydrogens (tertiary/aromatic N) is 1. The highest BCUT2D eigenvalue weighted by atomic mass is 16.5. The molecule has 6 heteroatoms. The van der Waals surface area contributed by atoms with Gasteiger partial charge in [-0.1, -0.05) is 18.2 Å². The number of aliphatic hydroxyl groups is 1. The minimum atomic E-state index is -1.11. The molecule has 3 atom stereocenters. The number of amides is 1. The molecule has 0 radical (unpaired) electrons. The van der Waals surface area contributed by atoms with Crippen molar-refractivity contribution in [2.45, 2.75) is 31.6 Å². The summed E-state index contributed by atoms with van der Waals surface area (Å²) in [6.07, 6.45) is -1.55. The predicted octanol–water partition coefficient (Wildman–Crippen LogP) is 0.500. The molecule has 1 unspecified atom stereocenters. The zero-order valence-electron chi connectivity index (χ0n) is 11.1. The number of β-amino-alcohol motifs (C(OH)–C–C–N with tert-alkyl or cyclic N) is 1. The van der Waals surface area contributed by atoms with Crippen LogP contribution in [-0.4, -0.2) is 51.8 Å². The molecule has 20 heavy (non-hydrogen) atoms. The topological polar surface area (TPSA) is 87.1 Å². The van der Waals surface area contributed by atoms with E-state index in [9.17, 15) is 14.7 Å². The van der Waals surface area contributed by atoms with E-state index in [1.165, 1.54) is 4.90 Å². The Morgan fingerprint density at radius 2 is 2.00 bits per heavy atom. The highest BCUT2D eigenvalue weighted by Gasteiger charge is 2.40. The smallest absolute Gasteiger partial charge is 0.326 e. The predicted molar refractivity (Wildman–Crippen MR) is 70.3 cm³/mol. The summed E-state index contributed by atoms with van der Waals surface area (Å²) in [5, 5.41) is 18.6. The van der Waals surface area contributed by atoms with Gasteiger partial charge in [0, 0.05) is 13.0 Å². The Balaban J connectivity index is 2.04. The molecule has 6 nitrogen and oxygen atoms in total. The largest absolute Gasteiger partial charge is 0.481 e. The van der Waals surface area contributed by atoms with Gasteiger partial charge in [0.15, 0.2) is 6.10 Å². The van der Waals surface area contributed by atoms with Crippen LogP contribution < -0.4 is 4.74 Å². The maximum absolute atomic E-state index is 12.2. The first kappa shape index (κ1) is 14.3. The lowest BCUT2D eigenvalue weighted by Gasteiger charge is -2.25. The van der Waals surface area contributed by atoms with Gasteiger partial charge in [-0.3, -0.25) is 4.79 Å². The first-order valence-electron chi connectivity index (χ1n) is 6.42. The third-order valence-corrected chi connectivity index (χ3v) is 3.25. The van der Waals surface area contributed by atoms with Crippen molar-refractivity contribution in [1.82, 2.24) is 4.90 Å². The van der Waals surface area contributed by atoms with Crippen molar-refractivity contribution in [3.8, 4) is 5.75 Å². The van der Waals surface area contributed by atoms with Gasteiger partial charge in [-0.05, 0) is 19.1 Å². The van der Waals surface area contributed by atoms with Crippen molar-refractivity contribution in [2.24, 2.45) is 0 Å². The van der Waals surface area contributed by atoms with Crippen molar-refractivity contribution >= 4 is 11.9 Å². The summed E-state index contributed by atoms with van der Waals surface area (Å²) in [4.78, 5) is 24.5. The Hall–Kier alpha value is -2.08. The van der Waals surface area contributed by atoms with Gasteiger partial charge >= 0.3 is 5.97 Å². The first-order valence-corrected chi connectivity index (χ1v) is 6.42. The Labute approximate surface area is 116 Å². The number of carbonyl (C=O) groups is 2. The maximum Gasteiger partial charge on any atom is 0.326 e. The molecule has 0 aliphatic carbocycles. The van der Waals surface area contributed by atoms with E-state index in [4.69, 9.17) is 9.84 Å². The fourth-order valence-corrected chi connectivity index (χ4v) is 2.28. The molecule has 1 aliphatic heterocycles. The molecule has 1 aliphatic rings. The van der Waals surface area contributed by atoms with Crippen LogP contribution in [0.4, 0.5) is 0 Å². The van der Waals surface area contributed by atoms with Crippen molar-refractivity contribution in [3.63, 3.8) is 0 Å². The van der Waals surface area contributed by atoms with E-state index in [1.807, 2.05) is 6.07 Å². The second-order valence-corrected chi connectivity index (χ2v) is 4.81. The van der Waals surface area contributed by atoms with E-state index >= 15 is 0 Å². The van der Waals surface area contributed by atoms with Gasteiger partial charge in [-0.25, -0.2) is 4.79 Å². The quantitative estimate of drug-likeness (QED) is 0.838. The Kier molecular flexibility index (Phi) is 4.24. The normalized spacial score (nSPS) is 23.4. The van der Waals surface area contributed by atoms with Crippen LogP contribution in [0, 0.1) is 0 Å². The number of benzene rings is 1. The van der Waals surface area contributed by atoms with E-state index in [1.54, 1.807) is 31.2 Å². The zero-order valence-corrected chi connectivity index (χ0v) is 11.1. The molecular formula is C14H17NO5. The number of aliphatic hydroxyl groups excluding tert-OH is 1. The number of hydrogen-bond acceptors (Lipinski definition) is 4. The number of rotatable bonds is 4. The number of carboxylic acids is 1. The molecule has 1 aromatic carbocycles. The number of hydrogen-bond donors (Lipinski definition) is 2. The average molecular weight is 279 g/mol.